The lowest BCUT2D eigenvalue weighted by molar-refractivity contribution is -0.665. The summed E-state index contributed by atoms with van der Waals surface area (Å²) in [6.07, 6.45) is 0. The molecule has 0 fully saturated rings. The lowest BCUT2D eigenvalue weighted by Gasteiger charge is -2.14. The minimum Gasteiger partial charge on any atom is -0.338 e. The first kappa shape index (κ1) is 17.7. The van der Waals surface area contributed by atoms with Crippen LogP contribution in [-0.4, -0.2) is 4.57 Å². The van der Waals surface area contributed by atoms with Crippen LogP contribution in [0.2, 0.25) is 0 Å². The van der Waals surface area contributed by atoms with E-state index in [0.717, 1.165) is 16.5 Å². The highest BCUT2D eigenvalue weighted by molar-refractivity contribution is 6.10. The van der Waals surface area contributed by atoms with Crippen molar-refractivity contribution in [2.24, 2.45) is 7.05 Å². The largest absolute Gasteiger partial charge is 0.338 e. The molecule has 2 heteroatoms. The molecule has 5 aromatic rings. The molecule has 0 radical (unpaired) electrons. The van der Waals surface area contributed by atoms with Crippen molar-refractivity contribution < 1.29 is 5.94 Å². The molecule has 0 unspecified atom stereocenters. The Morgan fingerprint density at radius 2 is 1.63 bits per heavy atom. The standard InChI is InChI=1S/C28H29N2/c1-17(2)30-26-10-8-7-9-23(26)25-14-19(4)24(16-27(25)30)28-22-12-11-18(3)13-21(22)15-20(5)29(28)6/h7-17H,1-6H3/q+1/i15D. The highest BCUT2D eigenvalue weighted by atomic mass is 15.0. The first-order valence-corrected chi connectivity index (χ1v) is 10.7. The monoisotopic (exact) mass is 394 g/mol. The van der Waals surface area contributed by atoms with Gasteiger partial charge in [-0.3, -0.25) is 0 Å². The number of hydrogen-bond donors (Lipinski definition) is 0. The molecule has 2 heterocycles. The van der Waals surface area contributed by atoms with Crippen molar-refractivity contribution in [2.45, 2.75) is 40.7 Å². The fourth-order valence-electron chi connectivity index (χ4n) is 4.89. The van der Waals surface area contributed by atoms with Gasteiger partial charge in [-0.25, -0.2) is 0 Å². The molecule has 3 aromatic carbocycles. The molecule has 0 saturated heterocycles. The molecule has 5 rings (SSSR count). The predicted molar refractivity (Wildman–Crippen MR) is 128 cm³/mol. The first-order chi connectivity index (χ1) is 14.8. The van der Waals surface area contributed by atoms with Crippen molar-refractivity contribution in [1.29, 1.82) is 0 Å². The number of benzene rings is 3. The summed E-state index contributed by atoms with van der Waals surface area (Å²) >= 11 is 0. The normalized spacial score (nSPS) is 12.4. The van der Waals surface area contributed by atoms with Gasteiger partial charge < -0.3 is 4.57 Å². The van der Waals surface area contributed by atoms with Gasteiger partial charge in [0.25, 0.3) is 0 Å². The average Bonchev–Trinajstić information content (AvgIpc) is 3.06. The molecule has 0 aliphatic heterocycles. The summed E-state index contributed by atoms with van der Waals surface area (Å²) < 4.78 is 13.3. The van der Waals surface area contributed by atoms with Crippen LogP contribution >= 0.6 is 0 Å². The lowest BCUT2D eigenvalue weighted by Crippen LogP contribution is -2.35. The van der Waals surface area contributed by atoms with Crippen LogP contribution in [0.5, 0.6) is 0 Å². The fraction of sp³-hybridized carbons (Fsp3) is 0.250. The number of rotatable bonds is 2. The lowest BCUT2D eigenvalue weighted by atomic mass is 9.96. The van der Waals surface area contributed by atoms with Crippen LogP contribution < -0.4 is 4.57 Å². The summed E-state index contributed by atoms with van der Waals surface area (Å²) in [4.78, 5) is 0. The second-order valence-electron chi connectivity index (χ2n) is 8.83. The van der Waals surface area contributed by atoms with Crippen molar-refractivity contribution in [3.63, 3.8) is 0 Å². The average molecular weight is 395 g/mol. The zero-order chi connectivity index (χ0) is 22.0. The number of aryl methyl sites for hydroxylation is 2. The number of nitrogens with zero attached hydrogens (tertiary/aromatic N) is 2. The molecule has 150 valence electrons. The molecule has 0 atom stereocenters. The van der Waals surface area contributed by atoms with Gasteiger partial charge in [0.1, 0.15) is 7.05 Å². The maximum atomic E-state index is 8.71. The van der Waals surface area contributed by atoms with Gasteiger partial charge in [0.05, 0.1) is 17.8 Å². The Morgan fingerprint density at radius 1 is 0.867 bits per heavy atom. The van der Waals surface area contributed by atoms with E-state index in [0.29, 0.717) is 12.1 Å². The summed E-state index contributed by atoms with van der Waals surface area (Å²) in [5.41, 5.74) is 8.40. The minimum absolute atomic E-state index is 0.364. The molecule has 0 aliphatic carbocycles. The Labute approximate surface area is 179 Å². The van der Waals surface area contributed by atoms with Gasteiger partial charge in [0.2, 0.25) is 5.69 Å². The summed E-state index contributed by atoms with van der Waals surface area (Å²) in [5, 5.41) is 4.78. The van der Waals surface area contributed by atoms with Crippen molar-refractivity contribution >= 4 is 32.6 Å². The van der Waals surface area contributed by atoms with Crippen LogP contribution in [0.15, 0.2) is 60.6 Å². The molecular weight excluding hydrogens is 364 g/mol. The van der Waals surface area contributed by atoms with Crippen molar-refractivity contribution in [3.05, 3.63) is 77.5 Å². The van der Waals surface area contributed by atoms with E-state index in [1.165, 1.54) is 44.2 Å². The number of para-hydroxylation sites is 1. The molecule has 2 aromatic heterocycles. The molecule has 0 spiro atoms. The number of hydrogen-bond acceptors (Lipinski definition) is 0. The van der Waals surface area contributed by atoms with Gasteiger partial charge in [0.15, 0.2) is 5.69 Å². The molecule has 0 saturated carbocycles. The van der Waals surface area contributed by atoms with Crippen LogP contribution in [0.1, 0.15) is 38.1 Å². The Kier molecular flexibility index (Phi) is 3.95. The van der Waals surface area contributed by atoms with E-state index in [-0.39, 0.29) is 0 Å². The van der Waals surface area contributed by atoms with Crippen LogP contribution in [0.3, 0.4) is 0 Å². The fourth-order valence-corrected chi connectivity index (χ4v) is 4.89. The quantitative estimate of drug-likeness (QED) is 0.287. The van der Waals surface area contributed by atoms with E-state index in [9.17, 15) is 0 Å². The zero-order valence-corrected chi connectivity index (χ0v) is 18.7. The van der Waals surface area contributed by atoms with Gasteiger partial charge in [-0.1, -0.05) is 35.9 Å². The third-order valence-corrected chi connectivity index (χ3v) is 6.41. The van der Waals surface area contributed by atoms with Gasteiger partial charge in [-0.15, -0.1) is 0 Å². The summed E-state index contributed by atoms with van der Waals surface area (Å²) in [7, 11) is 2.09. The maximum absolute atomic E-state index is 8.71. The number of pyridine rings is 1. The Balaban J connectivity index is 1.95. The topological polar surface area (TPSA) is 8.81 Å². The Bertz CT molecular complexity index is 1510. The van der Waals surface area contributed by atoms with Crippen LogP contribution in [-0.2, 0) is 7.05 Å². The van der Waals surface area contributed by atoms with E-state index in [1.54, 1.807) is 0 Å². The first-order valence-electron chi connectivity index (χ1n) is 11.2. The van der Waals surface area contributed by atoms with Gasteiger partial charge in [-0.05, 0) is 62.9 Å². The molecule has 0 amide bonds. The molecule has 0 N–H and O–H groups in total. The molecule has 0 bridgehead atoms. The number of aromatic nitrogens is 2. The van der Waals surface area contributed by atoms with Gasteiger partial charge in [0, 0.05) is 35.3 Å². The van der Waals surface area contributed by atoms with Crippen molar-refractivity contribution in [2.75, 3.05) is 0 Å². The van der Waals surface area contributed by atoms with E-state index in [4.69, 9.17) is 1.37 Å². The summed E-state index contributed by atoms with van der Waals surface area (Å²) in [5.74, 6) is 0. The van der Waals surface area contributed by atoms with Crippen LogP contribution in [0, 0.1) is 20.8 Å². The minimum atomic E-state index is 0.364. The molecule has 2 nitrogen and oxygen atoms in total. The summed E-state index contributed by atoms with van der Waals surface area (Å²) in [6, 6.07) is 20.9. The predicted octanol–water partition coefficient (Wildman–Crippen LogP) is 6.95. The molecule has 0 aliphatic rings. The Morgan fingerprint density at radius 3 is 2.40 bits per heavy atom. The highest BCUT2D eigenvalue weighted by Gasteiger charge is 2.22. The van der Waals surface area contributed by atoms with Gasteiger partial charge >= 0.3 is 0 Å². The summed E-state index contributed by atoms with van der Waals surface area (Å²) in [6.45, 7) is 10.9. The van der Waals surface area contributed by atoms with Crippen LogP contribution in [0.25, 0.3) is 43.8 Å². The zero-order valence-electron chi connectivity index (χ0n) is 19.7. The van der Waals surface area contributed by atoms with Crippen molar-refractivity contribution in [1.82, 2.24) is 4.57 Å². The van der Waals surface area contributed by atoms with E-state index in [2.05, 4.69) is 98.5 Å². The van der Waals surface area contributed by atoms with E-state index in [1.807, 2.05) is 6.92 Å². The smallest absolute Gasteiger partial charge is 0.220 e. The van der Waals surface area contributed by atoms with Crippen molar-refractivity contribution in [3.8, 4) is 11.3 Å². The molecule has 30 heavy (non-hydrogen) atoms. The van der Waals surface area contributed by atoms with E-state index < -0.39 is 0 Å². The Hall–Kier alpha value is -3.13. The second-order valence-corrected chi connectivity index (χ2v) is 8.83. The van der Waals surface area contributed by atoms with Gasteiger partial charge in [-0.2, -0.15) is 4.57 Å². The third-order valence-electron chi connectivity index (χ3n) is 6.41. The van der Waals surface area contributed by atoms with Crippen LogP contribution in [0.4, 0.5) is 0 Å². The molecular formula is C28H29N2+. The third kappa shape index (κ3) is 2.67. The maximum Gasteiger partial charge on any atom is 0.220 e. The highest BCUT2D eigenvalue weighted by Crippen LogP contribution is 2.37. The second kappa shape index (κ2) is 6.70. The van der Waals surface area contributed by atoms with E-state index >= 15 is 0 Å². The number of fused-ring (bicyclic) bond motifs is 4. The SMILES string of the molecule is [2H]c1c(C)[n+](C)c(-c2cc3c(cc2C)c2ccccc2n3C(C)C)c2ccc(C)cc12.